The minimum absolute atomic E-state index is 0.0313. The number of thioether (sulfide) groups is 1. The first-order valence-corrected chi connectivity index (χ1v) is 9.79. The molecule has 0 atom stereocenters. The Morgan fingerprint density at radius 1 is 0.962 bits per heavy atom. The molecule has 0 aliphatic heterocycles. The van der Waals surface area contributed by atoms with E-state index in [1.54, 1.807) is 11.8 Å². The lowest BCUT2D eigenvalue weighted by molar-refractivity contribution is -0.113. The number of para-hydroxylation sites is 1. The molecular formula is C22H20N2OS. The summed E-state index contributed by atoms with van der Waals surface area (Å²) in [5.41, 5.74) is 4.48. The van der Waals surface area contributed by atoms with Crippen LogP contribution < -0.4 is 5.32 Å². The molecular weight excluding hydrogens is 340 g/mol. The number of aromatic amines is 1. The Morgan fingerprint density at radius 3 is 2.58 bits per heavy atom. The third kappa shape index (κ3) is 3.33. The molecule has 26 heavy (non-hydrogen) atoms. The van der Waals surface area contributed by atoms with Gasteiger partial charge in [-0.15, -0.1) is 11.8 Å². The maximum Gasteiger partial charge on any atom is 0.234 e. The Balaban J connectivity index is 1.42. The van der Waals surface area contributed by atoms with Crippen molar-refractivity contribution in [1.82, 2.24) is 4.98 Å². The van der Waals surface area contributed by atoms with E-state index in [4.69, 9.17) is 0 Å². The van der Waals surface area contributed by atoms with E-state index in [2.05, 4.69) is 47.6 Å². The standard InChI is InChI=1S/C22H20N2OS/c1-15-19(18-10-4-5-11-21(18)23-15)13-26-14-22(25)24-20-12-6-8-16-7-2-3-9-17(16)20/h2-12,23H,13-14H2,1H3,(H,24,25). The molecule has 4 aromatic rings. The average molecular weight is 360 g/mol. The number of amides is 1. The monoisotopic (exact) mass is 360 g/mol. The molecule has 130 valence electrons. The van der Waals surface area contributed by atoms with Gasteiger partial charge in [-0.05, 0) is 30.0 Å². The highest BCUT2D eigenvalue weighted by molar-refractivity contribution is 7.99. The van der Waals surface area contributed by atoms with Crippen LogP contribution in [-0.2, 0) is 10.5 Å². The summed E-state index contributed by atoms with van der Waals surface area (Å²) in [5.74, 6) is 1.28. The first-order valence-electron chi connectivity index (χ1n) is 8.64. The van der Waals surface area contributed by atoms with Crippen LogP contribution in [0, 0.1) is 6.92 Å². The molecule has 4 heteroatoms. The van der Waals surface area contributed by atoms with Gasteiger partial charge < -0.3 is 10.3 Å². The van der Waals surface area contributed by atoms with Crippen molar-refractivity contribution >= 4 is 45.0 Å². The molecule has 1 aromatic heterocycles. The molecule has 3 nitrogen and oxygen atoms in total. The van der Waals surface area contributed by atoms with E-state index >= 15 is 0 Å². The van der Waals surface area contributed by atoms with Gasteiger partial charge in [0.15, 0.2) is 0 Å². The summed E-state index contributed by atoms with van der Waals surface area (Å²) in [6.45, 7) is 2.09. The second kappa shape index (κ2) is 7.26. The van der Waals surface area contributed by atoms with Crippen molar-refractivity contribution in [3.63, 3.8) is 0 Å². The van der Waals surface area contributed by atoms with Gasteiger partial charge in [-0.25, -0.2) is 0 Å². The number of hydrogen-bond acceptors (Lipinski definition) is 2. The molecule has 0 spiro atoms. The molecule has 3 aromatic carbocycles. The van der Waals surface area contributed by atoms with Crippen molar-refractivity contribution in [1.29, 1.82) is 0 Å². The van der Waals surface area contributed by atoms with Crippen LogP contribution in [0.4, 0.5) is 5.69 Å². The summed E-state index contributed by atoms with van der Waals surface area (Å²) < 4.78 is 0. The topological polar surface area (TPSA) is 44.9 Å². The van der Waals surface area contributed by atoms with Crippen LogP contribution in [-0.4, -0.2) is 16.6 Å². The van der Waals surface area contributed by atoms with Crippen LogP contribution in [0.15, 0.2) is 66.7 Å². The fraction of sp³-hybridized carbons (Fsp3) is 0.136. The third-order valence-corrected chi connectivity index (χ3v) is 5.53. The summed E-state index contributed by atoms with van der Waals surface area (Å²) in [4.78, 5) is 15.8. The number of H-pyrrole nitrogens is 1. The van der Waals surface area contributed by atoms with Crippen LogP contribution >= 0.6 is 11.8 Å². The zero-order valence-electron chi connectivity index (χ0n) is 14.6. The Labute approximate surface area is 156 Å². The number of aryl methyl sites for hydroxylation is 1. The molecule has 0 unspecified atom stereocenters. The van der Waals surface area contributed by atoms with Crippen LogP contribution in [0.1, 0.15) is 11.3 Å². The van der Waals surface area contributed by atoms with E-state index in [9.17, 15) is 4.79 Å². The molecule has 0 saturated heterocycles. The summed E-state index contributed by atoms with van der Waals surface area (Å²) in [6.07, 6.45) is 0. The smallest absolute Gasteiger partial charge is 0.234 e. The van der Waals surface area contributed by atoms with Gasteiger partial charge in [0.05, 0.1) is 5.75 Å². The maximum absolute atomic E-state index is 12.4. The molecule has 1 amide bonds. The Hall–Kier alpha value is -2.72. The maximum atomic E-state index is 12.4. The minimum atomic E-state index is 0.0313. The average Bonchev–Trinajstić information content (AvgIpc) is 2.98. The summed E-state index contributed by atoms with van der Waals surface area (Å²) in [7, 11) is 0. The lowest BCUT2D eigenvalue weighted by Crippen LogP contribution is -2.14. The zero-order chi connectivity index (χ0) is 17.9. The van der Waals surface area contributed by atoms with Gasteiger partial charge in [0, 0.05) is 33.4 Å². The van der Waals surface area contributed by atoms with E-state index in [1.807, 2.05) is 36.4 Å². The van der Waals surface area contributed by atoms with Gasteiger partial charge in [-0.2, -0.15) is 0 Å². The number of fused-ring (bicyclic) bond motifs is 2. The lowest BCUT2D eigenvalue weighted by atomic mass is 10.1. The van der Waals surface area contributed by atoms with E-state index in [1.165, 1.54) is 16.6 Å². The van der Waals surface area contributed by atoms with Crippen LogP contribution in [0.25, 0.3) is 21.7 Å². The van der Waals surface area contributed by atoms with E-state index < -0.39 is 0 Å². The molecule has 0 aliphatic carbocycles. The molecule has 0 bridgehead atoms. The van der Waals surface area contributed by atoms with Crippen molar-refractivity contribution in [2.45, 2.75) is 12.7 Å². The van der Waals surface area contributed by atoms with Crippen LogP contribution in [0.3, 0.4) is 0 Å². The number of benzene rings is 3. The van der Waals surface area contributed by atoms with Crippen molar-refractivity contribution < 1.29 is 4.79 Å². The van der Waals surface area contributed by atoms with E-state index in [0.717, 1.165) is 27.7 Å². The van der Waals surface area contributed by atoms with E-state index in [-0.39, 0.29) is 5.91 Å². The molecule has 0 fully saturated rings. The normalized spacial score (nSPS) is 11.1. The SMILES string of the molecule is Cc1[nH]c2ccccc2c1CSCC(=O)Nc1cccc2ccccc12. The molecule has 2 N–H and O–H groups in total. The van der Waals surface area contributed by atoms with E-state index in [0.29, 0.717) is 5.75 Å². The molecule has 4 rings (SSSR count). The van der Waals surface area contributed by atoms with Crippen molar-refractivity contribution in [2.24, 2.45) is 0 Å². The largest absolute Gasteiger partial charge is 0.358 e. The van der Waals surface area contributed by atoms with Crippen LogP contribution in [0.5, 0.6) is 0 Å². The van der Waals surface area contributed by atoms with Gasteiger partial charge >= 0.3 is 0 Å². The van der Waals surface area contributed by atoms with Gasteiger partial charge in [0.25, 0.3) is 0 Å². The first-order chi connectivity index (χ1) is 12.7. The molecule has 0 saturated carbocycles. The summed E-state index contributed by atoms with van der Waals surface area (Å²) in [5, 5.41) is 6.49. The number of rotatable bonds is 5. The van der Waals surface area contributed by atoms with Crippen LogP contribution in [0.2, 0.25) is 0 Å². The zero-order valence-corrected chi connectivity index (χ0v) is 15.4. The lowest BCUT2D eigenvalue weighted by Gasteiger charge is -2.09. The predicted octanol–water partition coefficient (Wildman–Crippen LogP) is 5.50. The Bertz CT molecular complexity index is 1080. The van der Waals surface area contributed by atoms with Gasteiger partial charge in [-0.1, -0.05) is 54.6 Å². The third-order valence-electron chi connectivity index (χ3n) is 4.57. The van der Waals surface area contributed by atoms with Gasteiger partial charge in [-0.3, -0.25) is 4.79 Å². The molecule has 0 radical (unpaired) electrons. The highest BCUT2D eigenvalue weighted by Gasteiger charge is 2.10. The molecule has 0 aliphatic rings. The fourth-order valence-corrected chi connectivity index (χ4v) is 4.22. The van der Waals surface area contributed by atoms with Crippen molar-refractivity contribution in [2.75, 3.05) is 11.1 Å². The van der Waals surface area contributed by atoms with Gasteiger partial charge in [0.1, 0.15) is 0 Å². The van der Waals surface area contributed by atoms with Gasteiger partial charge in [0.2, 0.25) is 5.91 Å². The minimum Gasteiger partial charge on any atom is -0.358 e. The van der Waals surface area contributed by atoms with Crippen molar-refractivity contribution in [3.8, 4) is 0 Å². The highest BCUT2D eigenvalue weighted by atomic mass is 32.2. The fourth-order valence-electron chi connectivity index (χ4n) is 3.29. The number of nitrogens with one attached hydrogen (secondary N) is 2. The Morgan fingerprint density at radius 2 is 1.69 bits per heavy atom. The number of carbonyl (C=O) groups excluding carboxylic acids is 1. The number of aromatic nitrogens is 1. The number of carbonyl (C=O) groups is 1. The summed E-state index contributed by atoms with van der Waals surface area (Å²) in [6, 6.07) is 22.4. The quantitative estimate of drug-likeness (QED) is 0.493. The molecule has 1 heterocycles. The number of hydrogen-bond donors (Lipinski definition) is 2. The highest BCUT2D eigenvalue weighted by Crippen LogP contribution is 2.26. The second-order valence-electron chi connectivity index (χ2n) is 6.34. The summed E-state index contributed by atoms with van der Waals surface area (Å²) >= 11 is 1.64. The van der Waals surface area contributed by atoms with Crippen molar-refractivity contribution in [3.05, 3.63) is 78.0 Å². The second-order valence-corrected chi connectivity index (χ2v) is 7.33. The number of anilines is 1. The Kier molecular flexibility index (Phi) is 4.67. The predicted molar refractivity (Wildman–Crippen MR) is 112 cm³/mol. The first kappa shape index (κ1) is 16.7.